The number of carbonyl (C=O) groups is 4. The predicted octanol–water partition coefficient (Wildman–Crippen LogP) is 0.962. The van der Waals surface area contributed by atoms with E-state index in [4.69, 9.17) is 9.47 Å². The topological polar surface area (TPSA) is 114 Å². The van der Waals surface area contributed by atoms with Crippen LogP contribution in [0.15, 0.2) is 0 Å². The van der Waals surface area contributed by atoms with Gasteiger partial charge in [0, 0.05) is 25.6 Å². The molecule has 1 heterocycles. The molecule has 1 rings (SSSR count). The highest BCUT2D eigenvalue weighted by Gasteiger charge is 2.24. The summed E-state index contributed by atoms with van der Waals surface area (Å²) in [5.74, 6) is -0.752. The quantitative estimate of drug-likeness (QED) is 0.631. The number of carbonyl (C=O) groups excluding carboxylic acids is 4. The molecule has 3 amide bonds. The van der Waals surface area contributed by atoms with Gasteiger partial charge in [0.15, 0.2) is 0 Å². The zero-order valence-electron chi connectivity index (χ0n) is 16.6. The van der Waals surface area contributed by atoms with Crippen LogP contribution in [0.25, 0.3) is 0 Å². The van der Waals surface area contributed by atoms with Gasteiger partial charge in [0.05, 0.1) is 13.0 Å². The number of esters is 1. The average molecular weight is 385 g/mol. The molecule has 0 aromatic heterocycles. The van der Waals surface area contributed by atoms with Crippen LogP contribution in [0.2, 0.25) is 0 Å². The van der Waals surface area contributed by atoms with Crippen molar-refractivity contribution < 1.29 is 28.7 Å². The van der Waals surface area contributed by atoms with Gasteiger partial charge in [-0.3, -0.25) is 14.4 Å². The van der Waals surface area contributed by atoms with Crippen molar-refractivity contribution in [1.82, 2.24) is 15.5 Å². The molecule has 1 saturated heterocycles. The van der Waals surface area contributed by atoms with Crippen LogP contribution < -0.4 is 10.6 Å². The van der Waals surface area contributed by atoms with E-state index in [1.54, 1.807) is 32.6 Å². The molecule has 27 heavy (non-hydrogen) atoms. The monoisotopic (exact) mass is 385 g/mol. The van der Waals surface area contributed by atoms with Crippen molar-refractivity contribution in [1.29, 1.82) is 0 Å². The lowest BCUT2D eigenvalue weighted by Crippen LogP contribution is -2.49. The number of piperidine rings is 1. The van der Waals surface area contributed by atoms with Gasteiger partial charge in [-0.25, -0.2) is 4.79 Å². The fraction of sp³-hybridized carbons (Fsp3) is 0.778. The number of rotatable bonds is 7. The van der Waals surface area contributed by atoms with E-state index in [1.807, 2.05) is 0 Å². The summed E-state index contributed by atoms with van der Waals surface area (Å²) in [6.45, 7) is 8.14. The number of ether oxygens (including phenoxy) is 2. The minimum atomic E-state index is -0.639. The minimum absolute atomic E-state index is 0.0490. The van der Waals surface area contributed by atoms with E-state index in [1.165, 1.54) is 0 Å². The number of hydrogen-bond acceptors (Lipinski definition) is 6. The van der Waals surface area contributed by atoms with Gasteiger partial charge in [-0.15, -0.1) is 0 Å². The zero-order chi connectivity index (χ0) is 20.4. The highest BCUT2D eigenvalue weighted by atomic mass is 16.6. The Bertz CT molecular complexity index is 536. The van der Waals surface area contributed by atoms with Crippen molar-refractivity contribution in [3.05, 3.63) is 0 Å². The van der Waals surface area contributed by atoms with Gasteiger partial charge < -0.3 is 25.0 Å². The summed E-state index contributed by atoms with van der Waals surface area (Å²) < 4.78 is 9.88. The molecule has 154 valence electrons. The summed E-state index contributed by atoms with van der Waals surface area (Å²) in [7, 11) is 0. The number of amides is 3. The number of nitrogens with one attached hydrogen (secondary N) is 2. The number of likely N-dealkylation sites (tertiary alicyclic amines) is 1. The van der Waals surface area contributed by atoms with Crippen LogP contribution in [0.3, 0.4) is 0 Å². The highest BCUT2D eigenvalue weighted by molar-refractivity contribution is 5.83. The molecule has 0 spiro atoms. The van der Waals surface area contributed by atoms with Gasteiger partial charge in [0.2, 0.25) is 11.8 Å². The van der Waals surface area contributed by atoms with Crippen LogP contribution in [-0.2, 0) is 23.9 Å². The lowest BCUT2D eigenvalue weighted by atomic mass is 10.0. The van der Waals surface area contributed by atoms with E-state index in [0.29, 0.717) is 32.5 Å². The molecule has 0 aromatic rings. The summed E-state index contributed by atoms with van der Waals surface area (Å²) in [4.78, 5) is 48.6. The molecule has 1 aliphatic heterocycles. The fourth-order valence-corrected chi connectivity index (χ4v) is 2.62. The molecule has 0 aliphatic carbocycles. The van der Waals surface area contributed by atoms with Crippen molar-refractivity contribution in [2.75, 3.05) is 26.2 Å². The first-order chi connectivity index (χ1) is 12.6. The van der Waals surface area contributed by atoms with Gasteiger partial charge in [-0.05, 0) is 40.5 Å². The summed E-state index contributed by atoms with van der Waals surface area (Å²) >= 11 is 0. The maximum absolute atomic E-state index is 12.1. The van der Waals surface area contributed by atoms with Crippen LogP contribution in [0.4, 0.5) is 4.79 Å². The maximum atomic E-state index is 12.1. The predicted molar refractivity (Wildman–Crippen MR) is 97.8 cm³/mol. The van der Waals surface area contributed by atoms with Gasteiger partial charge in [-0.2, -0.15) is 0 Å². The Morgan fingerprint density at radius 3 is 2.26 bits per heavy atom. The van der Waals surface area contributed by atoms with E-state index >= 15 is 0 Å². The molecule has 9 nitrogen and oxygen atoms in total. The lowest BCUT2D eigenvalue weighted by molar-refractivity contribution is -0.146. The maximum Gasteiger partial charge on any atom is 0.408 e. The second-order valence-corrected chi connectivity index (χ2v) is 7.38. The molecular weight excluding hydrogens is 354 g/mol. The first-order valence-corrected chi connectivity index (χ1v) is 9.30. The summed E-state index contributed by atoms with van der Waals surface area (Å²) in [5, 5.41) is 5.25. The van der Waals surface area contributed by atoms with E-state index in [9.17, 15) is 19.2 Å². The molecule has 0 aromatic carbocycles. The largest absolute Gasteiger partial charge is 0.466 e. The van der Waals surface area contributed by atoms with E-state index in [0.717, 1.165) is 0 Å². The Morgan fingerprint density at radius 1 is 1.07 bits per heavy atom. The van der Waals surface area contributed by atoms with Gasteiger partial charge in [0.25, 0.3) is 0 Å². The van der Waals surface area contributed by atoms with Crippen molar-refractivity contribution >= 4 is 23.9 Å². The molecule has 0 bridgehead atoms. The van der Waals surface area contributed by atoms with Crippen molar-refractivity contribution in [2.24, 2.45) is 0 Å². The Hall–Kier alpha value is -2.32. The molecule has 0 radical (unpaired) electrons. The summed E-state index contributed by atoms with van der Waals surface area (Å²) in [6.07, 6.45) is 0.835. The van der Waals surface area contributed by atoms with E-state index in [-0.39, 0.29) is 43.2 Å². The third-order valence-corrected chi connectivity index (χ3v) is 3.85. The van der Waals surface area contributed by atoms with Crippen LogP contribution >= 0.6 is 0 Å². The average Bonchev–Trinajstić information content (AvgIpc) is 2.57. The van der Waals surface area contributed by atoms with Crippen molar-refractivity contribution in [3.8, 4) is 0 Å². The first kappa shape index (κ1) is 22.7. The second kappa shape index (κ2) is 10.7. The van der Waals surface area contributed by atoms with E-state index < -0.39 is 11.7 Å². The van der Waals surface area contributed by atoms with Gasteiger partial charge in [-0.1, -0.05) is 0 Å². The Balaban J connectivity index is 2.24. The van der Waals surface area contributed by atoms with Crippen molar-refractivity contribution in [3.63, 3.8) is 0 Å². The minimum Gasteiger partial charge on any atom is -0.466 e. The normalized spacial score (nSPS) is 15.0. The number of nitrogens with zero attached hydrogens (tertiary/aromatic N) is 1. The lowest BCUT2D eigenvalue weighted by Gasteiger charge is -2.32. The SMILES string of the molecule is CCOC(=O)CCC(=O)N1CCC(NC(=O)CNC(=O)OC(C)(C)C)CC1. The summed E-state index contributed by atoms with van der Waals surface area (Å²) in [5.41, 5.74) is -0.618. The van der Waals surface area contributed by atoms with Crippen molar-refractivity contribution in [2.45, 2.75) is 65.0 Å². The number of hydrogen-bond donors (Lipinski definition) is 2. The van der Waals surface area contributed by atoms with Gasteiger partial charge in [0.1, 0.15) is 12.1 Å². The zero-order valence-corrected chi connectivity index (χ0v) is 16.6. The standard InChI is InChI=1S/C18H31N3O6/c1-5-26-16(24)7-6-15(23)21-10-8-13(9-11-21)20-14(22)12-19-17(25)27-18(2,3)4/h13H,5-12H2,1-4H3,(H,19,25)(H,20,22). The summed E-state index contributed by atoms with van der Waals surface area (Å²) in [6, 6.07) is -0.0490. The van der Waals surface area contributed by atoms with Crippen LogP contribution in [0.1, 0.15) is 53.4 Å². The Kier molecular flexibility index (Phi) is 9.04. The molecule has 0 saturated carbocycles. The molecular formula is C18H31N3O6. The molecule has 1 aliphatic rings. The van der Waals surface area contributed by atoms with Gasteiger partial charge >= 0.3 is 12.1 Å². The highest BCUT2D eigenvalue weighted by Crippen LogP contribution is 2.12. The molecule has 0 unspecified atom stereocenters. The fourth-order valence-electron chi connectivity index (χ4n) is 2.62. The molecule has 1 fully saturated rings. The number of alkyl carbamates (subject to hydrolysis) is 1. The molecule has 2 N–H and O–H groups in total. The van der Waals surface area contributed by atoms with E-state index in [2.05, 4.69) is 10.6 Å². The van der Waals surface area contributed by atoms with Crippen LogP contribution in [-0.4, -0.2) is 66.7 Å². The Labute approximate surface area is 160 Å². The second-order valence-electron chi connectivity index (χ2n) is 7.38. The van der Waals surface area contributed by atoms with Crippen LogP contribution in [0.5, 0.6) is 0 Å². The third-order valence-electron chi connectivity index (χ3n) is 3.85. The molecule has 9 heteroatoms. The first-order valence-electron chi connectivity index (χ1n) is 9.30. The molecule has 0 atom stereocenters. The smallest absolute Gasteiger partial charge is 0.408 e. The third kappa shape index (κ3) is 9.81. The Morgan fingerprint density at radius 2 is 1.70 bits per heavy atom. The van der Waals surface area contributed by atoms with Crippen LogP contribution in [0, 0.1) is 0 Å².